The Balaban J connectivity index is 2.50. The predicted octanol–water partition coefficient (Wildman–Crippen LogP) is 1.00. The first kappa shape index (κ1) is 12.7. The van der Waals surface area contributed by atoms with E-state index >= 15 is 0 Å². The molecule has 0 bridgehead atoms. The third-order valence-corrected chi connectivity index (χ3v) is 2.53. The van der Waals surface area contributed by atoms with E-state index in [4.69, 9.17) is 9.29 Å². The van der Waals surface area contributed by atoms with Crippen molar-refractivity contribution >= 4 is 16.3 Å². The Bertz CT molecular complexity index is 450. The lowest BCUT2D eigenvalue weighted by Gasteiger charge is -1.98. The van der Waals surface area contributed by atoms with Gasteiger partial charge in [-0.15, -0.1) is 0 Å². The number of nitrogens with zero attached hydrogens (tertiary/aromatic N) is 1. The largest absolute Gasteiger partial charge is 0.497 e. The molecule has 0 saturated carbocycles. The topological polar surface area (TPSA) is 76.0 Å². The molecule has 0 radical (unpaired) electrons. The SMILES string of the molecule is COc1ccc(/C=N/CCS(=O)(=O)O)cc1. The van der Waals surface area contributed by atoms with E-state index < -0.39 is 10.1 Å². The van der Waals surface area contributed by atoms with E-state index in [1.807, 2.05) is 0 Å². The molecule has 0 fully saturated rings. The lowest BCUT2D eigenvalue weighted by molar-refractivity contribution is 0.415. The van der Waals surface area contributed by atoms with Crippen LogP contribution in [0.15, 0.2) is 29.3 Å². The van der Waals surface area contributed by atoms with Crippen LogP contribution < -0.4 is 4.74 Å². The van der Waals surface area contributed by atoms with Crippen LogP contribution in [0.3, 0.4) is 0 Å². The molecule has 88 valence electrons. The number of methoxy groups -OCH3 is 1. The van der Waals surface area contributed by atoms with E-state index in [1.165, 1.54) is 0 Å². The highest BCUT2D eigenvalue weighted by Crippen LogP contribution is 2.09. The average Bonchev–Trinajstić information content (AvgIpc) is 2.24. The Morgan fingerprint density at radius 1 is 1.38 bits per heavy atom. The van der Waals surface area contributed by atoms with E-state index in [1.54, 1.807) is 37.6 Å². The molecule has 0 amide bonds. The van der Waals surface area contributed by atoms with Crippen molar-refractivity contribution in [3.63, 3.8) is 0 Å². The van der Waals surface area contributed by atoms with Crippen molar-refractivity contribution in [3.05, 3.63) is 29.8 Å². The van der Waals surface area contributed by atoms with Crippen LogP contribution in [0.1, 0.15) is 5.56 Å². The van der Waals surface area contributed by atoms with Crippen molar-refractivity contribution in [1.29, 1.82) is 0 Å². The van der Waals surface area contributed by atoms with Crippen molar-refractivity contribution in [2.75, 3.05) is 19.4 Å². The lowest BCUT2D eigenvalue weighted by atomic mass is 10.2. The van der Waals surface area contributed by atoms with Crippen molar-refractivity contribution < 1.29 is 17.7 Å². The van der Waals surface area contributed by atoms with Gasteiger partial charge in [0.25, 0.3) is 10.1 Å². The molecular formula is C10H13NO4S. The predicted molar refractivity (Wildman–Crippen MR) is 61.9 cm³/mol. The smallest absolute Gasteiger partial charge is 0.266 e. The zero-order chi connectivity index (χ0) is 12.0. The van der Waals surface area contributed by atoms with Crippen LogP contribution in [0.2, 0.25) is 0 Å². The summed E-state index contributed by atoms with van der Waals surface area (Å²) in [6, 6.07) is 7.17. The van der Waals surface area contributed by atoms with E-state index in [0.29, 0.717) is 0 Å². The minimum Gasteiger partial charge on any atom is -0.497 e. The Hall–Kier alpha value is -1.40. The van der Waals surface area contributed by atoms with Gasteiger partial charge < -0.3 is 4.74 Å². The molecule has 0 saturated heterocycles. The first-order valence-electron chi connectivity index (χ1n) is 4.60. The molecule has 1 N–H and O–H groups in total. The van der Waals surface area contributed by atoms with Gasteiger partial charge in [-0.05, 0) is 29.8 Å². The minimum absolute atomic E-state index is 0.0465. The van der Waals surface area contributed by atoms with Crippen molar-refractivity contribution in [3.8, 4) is 5.75 Å². The second-order valence-corrected chi connectivity index (χ2v) is 4.67. The Morgan fingerprint density at radius 2 is 2.00 bits per heavy atom. The molecule has 0 aliphatic rings. The second kappa shape index (κ2) is 5.62. The Morgan fingerprint density at radius 3 is 2.50 bits per heavy atom. The fourth-order valence-electron chi connectivity index (χ4n) is 1.03. The number of hydrogen-bond acceptors (Lipinski definition) is 4. The van der Waals surface area contributed by atoms with E-state index in [9.17, 15) is 8.42 Å². The maximum atomic E-state index is 10.4. The van der Waals surface area contributed by atoms with Gasteiger partial charge in [0.05, 0.1) is 19.4 Å². The molecule has 0 aliphatic carbocycles. The molecule has 0 aliphatic heterocycles. The molecule has 6 heteroatoms. The maximum absolute atomic E-state index is 10.4. The summed E-state index contributed by atoms with van der Waals surface area (Å²) in [5.74, 6) is 0.384. The zero-order valence-electron chi connectivity index (χ0n) is 8.83. The summed E-state index contributed by atoms with van der Waals surface area (Å²) < 4.78 is 34.2. The molecule has 1 aromatic rings. The first-order valence-corrected chi connectivity index (χ1v) is 6.21. The highest BCUT2D eigenvalue weighted by Gasteiger charge is 2.01. The van der Waals surface area contributed by atoms with E-state index in [0.717, 1.165) is 11.3 Å². The van der Waals surface area contributed by atoms with Crippen LogP contribution in [0.4, 0.5) is 0 Å². The molecular weight excluding hydrogens is 230 g/mol. The van der Waals surface area contributed by atoms with Gasteiger partial charge >= 0.3 is 0 Å². The standard InChI is InChI=1S/C10H13NO4S/c1-15-10-4-2-9(3-5-10)8-11-6-7-16(12,13)14/h2-5,8H,6-7H2,1H3,(H,12,13,14)/b11-8+. The van der Waals surface area contributed by atoms with Crippen LogP contribution >= 0.6 is 0 Å². The average molecular weight is 243 g/mol. The maximum Gasteiger partial charge on any atom is 0.266 e. The summed E-state index contributed by atoms with van der Waals surface area (Å²) in [5.41, 5.74) is 0.844. The van der Waals surface area contributed by atoms with Gasteiger partial charge in [-0.3, -0.25) is 9.55 Å². The minimum atomic E-state index is -3.92. The first-order chi connectivity index (χ1) is 7.51. The normalized spacial score (nSPS) is 11.9. The highest BCUT2D eigenvalue weighted by atomic mass is 32.2. The second-order valence-electron chi connectivity index (χ2n) is 3.09. The van der Waals surface area contributed by atoms with Gasteiger partial charge in [0.1, 0.15) is 5.75 Å². The van der Waals surface area contributed by atoms with Gasteiger partial charge in [-0.2, -0.15) is 8.42 Å². The molecule has 0 aromatic heterocycles. The molecule has 0 heterocycles. The molecule has 1 aromatic carbocycles. The zero-order valence-corrected chi connectivity index (χ0v) is 9.64. The quantitative estimate of drug-likeness (QED) is 0.618. The summed E-state index contributed by atoms with van der Waals surface area (Å²) in [6.07, 6.45) is 1.55. The van der Waals surface area contributed by atoms with Gasteiger partial charge in [-0.25, -0.2) is 0 Å². The van der Waals surface area contributed by atoms with Gasteiger partial charge in [0, 0.05) is 6.21 Å². The third kappa shape index (κ3) is 4.90. The summed E-state index contributed by atoms with van der Waals surface area (Å²) in [5, 5.41) is 0. The summed E-state index contributed by atoms with van der Waals surface area (Å²) in [6.45, 7) is 0.0465. The van der Waals surface area contributed by atoms with Gasteiger partial charge in [0.15, 0.2) is 0 Å². The fraction of sp³-hybridized carbons (Fsp3) is 0.300. The number of hydrogen-bond donors (Lipinski definition) is 1. The van der Waals surface area contributed by atoms with Crippen molar-refractivity contribution in [1.82, 2.24) is 0 Å². The summed E-state index contributed by atoms with van der Waals surface area (Å²) in [4.78, 5) is 3.88. The molecule has 1 rings (SSSR count). The molecule has 16 heavy (non-hydrogen) atoms. The van der Waals surface area contributed by atoms with E-state index in [-0.39, 0.29) is 12.3 Å². The number of aliphatic imine (C=N–C) groups is 1. The number of ether oxygens (including phenoxy) is 1. The number of benzene rings is 1. The van der Waals surface area contributed by atoms with Crippen LogP contribution in [0.25, 0.3) is 0 Å². The Labute approximate surface area is 94.5 Å². The highest BCUT2D eigenvalue weighted by molar-refractivity contribution is 7.85. The van der Waals surface area contributed by atoms with Crippen LogP contribution in [-0.2, 0) is 10.1 Å². The Kier molecular flexibility index (Phi) is 4.45. The molecule has 0 spiro atoms. The van der Waals surface area contributed by atoms with E-state index in [2.05, 4.69) is 4.99 Å². The van der Waals surface area contributed by atoms with Crippen LogP contribution in [-0.4, -0.2) is 38.6 Å². The van der Waals surface area contributed by atoms with Gasteiger partial charge in [0.2, 0.25) is 0 Å². The summed E-state index contributed by atoms with van der Waals surface area (Å²) in [7, 11) is -2.34. The monoisotopic (exact) mass is 243 g/mol. The lowest BCUT2D eigenvalue weighted by Crippen LogP contribution is -2.06. The summed E-state index contributed by atoms with van der Waals surface area (Å²) >= 11 is 0. The molecule has 5 nitrogen and oxygen atoms in total. The molecule has 0 unspecified atom stereocenters. The van der Waals surface area contributed by atoms with Crippen LogP contribution in [0.5, 0.6) is 5.75 Å². The fourth-order valence-corrected chi connectivity index (χ4v) is 1.36. The molecule has 0 atom stereocenters. The van der Waals surface area contributed by atoms with Crippen molar-refractivity contribution in [2.45, 2.75) is 0 Å². The van der Waals surface area contributed by atoms with Crippen LogP contribution in [0, 0.1) is 0 Å². The third-order valence-electron chi connectivity index (χ3n) is 1.83. The van der Waals surface area contributed by atoms with Crippen molar-refractivity contribution in [2.24, 2.45) is 4.99 Å². The number of rotatable bonds is 5. The van der Waals surface area contributed by atoms with Gasteiger partial charge in [-0.1, -0.05) is 0 Å².